The van der Waals surface area contributed by atoms with Gasteiger partial charge in [0.1, 0.15) is 0 Å². The van der Waals surface area contributed by atoms with Crippen LogP contribution in [0.5, 0.6) is 11.5 Å². The maximum absolute atomic E-state index is 9.57. The van der Waals surface area contributed by atoms with E-state index in [-0.39, 0.29) is 5.75 Å². The summed E-state index contributed by atoms with van der Waals surface area (Å²) in [6, 6.07) is 13.8. The van der Waals surface area contributed by atoms with Crippen LogP contribution in [-0.4, -0.2) is 31.2 Å². The van der Waals surface area contributed by atoms with E-state index in [0.717, 1.165) is 17.8 Å². The van der Waals surface area contributed by atoms with Crippen molar-refractivity contribution in [1.29, 1.82) is 0 Å². The molecular weight excluding hydrogens is 264 g/mol. The molecule has 4 heteroatoms. The van der Waals surface area contributed by atoms with Gasteiger partial charge in [0.25, 0.3) is 0 Å². The summed E-state index contributed by atoms with van der Waals surface area (Å²) >= 11 is 0. The van der Waals surface area contributed by atoms with E-state index < -0.39 is 0 Å². The minimum atomic E-state index is 0.161. The number of hydrogen-bond acceptors (Lipinski definition) is 4. The lowest BCUT2D eigenvalue weighted by atomic mass is 10.1. The summed E-state index contributed by atoms with van der Waals surface area (Å²) in [6.45, 7) is 1.62. The van der Waals surface area contributed by atoms with Gasteiger partial charge < -0.3 is 20.1 Å². The number of aromatic hydroxyl groups is 1. The highest BCUT2D eigenvalue weighted by Gasteiger charge is 2.03. The van der Waals surface area contributed by atoms with Gasteiger partial charge in [-0.3, -0.25) is 0 Å². The molecule has 0 atom stereocenters. The van der Waals surface area contributed by atoms with Crippen LogP contribution in [0, 0.1) is 0 Å². The second kappa shape index (κ2) is 6.99. The summed E-state index contributed by atoms with van der Waals surface area (Å²) < 4.78 is 5.11. The molecule has 0 aliphatic rings. The van der Waals surface area contributed by atoms with E-state index >= 15 is 0 Å². The van der Waals surface area contributed by atoms with Gasteiger partial charge in [0.15, 0.2) is 11.5 Å². The maximum atomic E-state index is 9.57. The number of rotatable bonds is 6. The molecule has 0 amide bonds. The number of methoxy groups -OCH3 is 1. The van der Waals surface area contributed by atoms with Gasteiger partial charge in [-0.2, -0.15) is 0 Å². The Morgan fingerprint density at radius 1 is 1.05 bits per heavy atom. The Morgan fingerprint density at radius 2 is 1.71 bits per heavy atom. The third-order valence-electron chi connectivity index (χ3n) is 3.19. The first-order chi connectivity index (χ1) is 10.1. The average molecular weight is 286 g/mol. The monoisotopic (exact) mass is 286 g/mol. The Hall–Kier alpha value is -2.20. The fourth-order valence-corrected chi connectivity index (χ4v) is 2.13. The lowest BCUT2D eigenvalue weighted by Gasteiger charge is -2.12. The summed E-state index contributed by atoms with van der Waals surface area (Å²) in [5.41, 5.74) is 3.42. The van der Waals surface area contributed by atoms with Crippen LogP contribution in [0.4, 0.5) is 5.69 Å². The maximum Gasteiger partial charge on any atom is 0.160 e. The molecule has 4 nitrogen and oxygen atoms in total. The Kier molecular flexibility index (Phi) is 5.06. The summed E-state index contributed by atoms with van der Waals surface area (Å²) in [6.07, 6.45) is 0. The van der Waals surface area contributed by atoms with E-state index in [1.165, 1.54) is 5.56 Å². The molecule has 2 rings (SSSR count). The summed E-state index contributed by atoms with van der Waals surface area (Å²) in [5.74, 6) is 0.657. The predicted octanol–water partition coefficient (Wildman–Crippen LogP) is 3.07. The van der Waals surface area contributed by atoms with E-state index in [2.05, 4.69) is 48.6 Å². The fraction of sp³-hybridized carbons (Fsp3) is 0.294. The van der Waals surface area contributed by atoms with Crippen LogP contribution in [0.15, 0.2) is 42.5 Å². The van der Waals surface area contributed by atoms with E-state index in [1.807, 2.05) is 12.1 Å². The Bertz CT molecular complexity index is 580. The standard InChI is InChI=1S/C17H22N2O2/c1-19(2)12-13-4-7-15(8-5-13)18-11-14-6-9-16(20)17(10-14)21-3/h4-10,18,20H,11-12H2,1-3H3. The van der Waals surface area contributed by atoms with Gasteiger partial charge in [-0.15, -0.1) is 0 Å². The second-order valence-corrected chi connectivity index (χ2v) is 5.29. The highest BCUT2D eigenvalue weighted by molar-refractivity contribution is 5.47. The molecule has 112 valence electrons. The molecule has 0 radical (unpaired) electrons. The molecule has 0 saturated heterocycles. The molecule has 2 aromatic rings. The molecule has 21 heavy (non-hydrogen) atoms. The van der Waals surface area contributed by atoms with Crippen LogP contribution in [-0.2, 0) is 13.1 Å². The molecule has 0 aliphatic heterocycles. The summed E-state index contributed by atoms with van der Waals surface area (Å²) in [4.78, 5) is 2.14. The van der Waals surface area contributed by atoms with Crippen molar-refractivity contribution in [1.82, 2.24) is 4.90 Å². The van der Waals surface area contributed by atoms with E-state index in [9.17, 15) is 5.11 Å². The molecule has 0 spiro atoms. The van der Waals surface area contributed by atoms with Crippen LogP contribution in [0.2, 0.25) is 0 Å². The van der Waals surface area contributed by atoms with E-state index in [1.54, 1.807) is 13.2 Å². The molecule has 0 heterocycles. The zero-order valence-corrected chi connectivity index (χ0v) is 12.8. The van der Waals surface area contributed by atoms with E-state index in [0.29, 0.717) is 12.3 Å². The van der Waals surface area contributed by atoms with Crippen LogP contribution in [0.3, 0.4) is 0 Å². The number of nitrogens with one attached hydrogen (secondary N) is 1. The molecule has 2 N–H and O–H groups in total. The Balaban J connectivity index is 1.96. The topological polar surface area (TPSA) is 44.7 Å². The first-order valence-electron chi connectivity index (χ1n) is 6.92. The first kappa shape index (κ1) is 15.2. The van der Waals surface area contributed by atoms with E-state index in [4.69, 9.17) is 4.74 Å². The van der Waals surface area contributed by atoms with Crippen LogP contribution >= 0.6 is 0 Å². The molecule has 0 unspecified atom stereocenters. The van der Waals surface area contributed by atoms with Crippen molar-refractivity contribution in [3.63, 3.8) is 0 Å². The smallest absolute Gasteiger partial charge is 0.160 e. The van der Waals surface area contributed by atoms with Crippen molar-refractivity contribution >= 4 is 5.69 Å². The summed E-state index contributed by atoms with van der Waals surface area (Å²) in [7, 11) is 5.67. The molecule has 0 fully saturated rings. The molecule has 0 bridgehead atoms. The number of ether oxygens (including phenoxy) is 1. The third kappa shape index (κ3) is 4.39. The molecule has 0 aromatic heterocycles. The minimum absolute atomic E-state index is 0.161. The van der Waals surface area contributed by atoms with Gasteiger partial charge in [-0.25, -0.2) is 0 Å². The van der Waals surface area contributed by atoms with Gasteiger partial charge in [-0.05, 0) is 49.5 Å². The lowest BCUT2D eigenvalue weighted by molar-refractivity contribution is 0.373. The fourth-order valence-electron chi connectivity index (χ4n) is 2.13. The zero-order chi connectivity index (χ0) is 15.2. The number of phenols is 1. The number of nitrogens with zero attached hydrogens (tertiary/aromatic N) is 1. The average Bonchev–Trinajstić information content (AvgIpc) is 2.47. The minimum Gasteiger partial charge on any atom is -0.504 e. The van der Waals surface area contributed by atoms with Crippen molar-refractivity contribution < 1.29 is 9.84 Å². The van der Waals surface area contributed by atoms with Crippen molar-refractivity contribution in [2.24, 2.45) is 0 Å². The number of phenolic OH excluding ortho intramolecular Hbond substituents is 1. The molecule has 2 aromatic carbocycles. The normalized spacial score (nSPS) is 10.7. The van der Waals surface area contributed by atoms with Gasteiger partial charge in [0.2, 0.25) is 0 Å². The van der Waals surface area contributed by atoms with Crippen molar-refractivity contribution in [2.45, 2.75) is 13.1 Å². The zero-order valence-electron chi connectivity index (χ0n) is 12.8. The quantitative estimate of drug-likeness (QED) is 0.856. The van der Waals surface area contributed by atoms with Gasteiger partial charge in [0, 0.05) is 18.8 Å². The van der Waals surface area contributed by atoms with Crippen LogP contribution in [0.25, 0.3) is 0 Å². The number of hydrogen-bond donors (Lipinski definition) is 2. The van der Waals surface area contributed by atoms with Gasteiger partial charge >= 0.3 is 0 Å². The molecule has 0 saturated carbocycles. The van der Waals surface area contributed by atoms with Crippen LogP contribution in [0.1, 0.15) is 11.1 Å². The van der Waals surface area contributed by atoms with Crippen molar-refractivity contribution in [3.8, 4) is 11.5 Å². The van der Waals surface area contributed by atoms with Crippen molar-refractivity contribution in [3.05, 3.63) is 53.6 Å². The van der Waals surface area contributed by atoms with Gasteiger partial charge in [-0.1, -0.05) is 18.2 Å². The Labute approximate surface area is 126 Å². The highest BCUT2D eigenvalue weighted by atomic mass is 16.5. The lowest BCUT2D eigenvalue weighted by Crippen LogP contribution is -2.10. The van der Waals surface area contributed by atoms with Gasteiger partial charge in [0.05, 0.1) is 7.11 Å². The summed E-state index contributed by atoms with van der Waals surface area (Å²) in [5, 5.41) is 12.9. The molecular formula is C17H22N2O2. The second-order valence-electron chi connectivity index (χ2n) is 5.29. The molecule has 0 aliphatic carbocycles. The van der Waals surface area contributed by atoms with Crippen LogP contribution < -0.4 is 10.1 Å². The number of benzene rings is 2. The first-order valence-corrected chi connectivity index (χ1v) is 6.92. The van der Waals surface area contributed by atoms with Crippen molar-refractivity contribution in [2.75, 3.05) is 26.5 Å². The number of anilines is 1. The highest BCUT2D eigenvalue weighted by Crippen LogP contribution is 2.26. The SMILES string of the molecule is COc1cc(CNc2ccc(CN(C)C)cc2)ccc1O. The predicted molar refractivity (Wildman–Crippen MR) is 85.8 cm³/mol. The Morgan fingerprint density at radius 3 is 2.33 bits per heavy atom. The third-order valence-corrected chi connectivity index (χ3v) is 3.19. The largest absolute Gasteiger partial charge is 0.504 e.